The number of aromatic hydroxyl groups is 1. The predicted molar refractivity (Wildman–Crippen MR) is 113 cm³/mol. The fraction of sp³-hybridized carbons (Fsp3) is 0.565. The van der Waals surface area contributed by atoms with Gasteiger partial charge in [0.15, 0.2) is 5.82 Å². The number of aryl methyl sites for hydroxylation is 1. The lowest BCUT2D eigenvalue weighted by molar-refractivity contribution is 0.00830. The van der Waals surface area contributed by atoms with Gasteiger partial charge in [-0.15, -0.1) is 10.2 Å². The monoisotopic (exact) mass is 412 g/mol. The fourth-order valence-electron chi connectivity index (χ4n) is 4.78. The molecule has 3 heterocycles. The number of fused-ring (bicyclic) bond motifs is 1. The first kappa shape index (κ1) is 19.7. The quantitative estimate of drug-likeness (QED) is 0.782. The van der Waals surface area contributed by atoms with Gasteiger partial charge in [-0.2, -0.15) is 0 Å². The molecule has 30 heavy (non-hydrogen) atoms. The third kappa shape index (κ3) is 3.76. The Balaban J connectivity index is 1.48. The van der Waals surface area contributed by atoms with Crippen LogP contribution in [-0.4, -0.2) is 58.2 Å². The van der Waals surface area contributed by atoms with Crippen molar-refractivity contribution in [2.75, 3.05) is 31.6 Å². The van der Waals surface area contributed by atoms with Crippen LogP contribution < -0.4 is 5.32 Å². The molecule has 160 valence electrons. The number of likely N-dealkylation sites (tertiary alicyclic amines) is 1. The molecule has 2 aliphatic heterocycles. The van der Waals surface area contributed by atoms with Crippen LogP contribution in [0.5, 0.6) is 5.75 Å². The van der Waals surface area contributed by atoms with Crippen LogP contribution >= 0.6 is 0 Å². The number of phenolic OH excluding ortho intramolecular Hbond substituents is 1. The SMILES string of the molecule is Cc1ccc(-c2nnc(N[C@@H]3CCCN(CCF)C3)c3c2CC2(CC2)OC3)c(O)c1. The largest absolute Gasteiger partial charge is 0.507 e. The van der Waals surface area contributed by atoms with Crippen molar-refractivity contribution in [2.45, 2.75) is 57.3 Å². The summed E-state index contributed by atoms with van der Waals surface area (Å²) in [6.45, 7) is 4.40. The van der Waals surface area contributed by atoms with E-state index in [1.807, 2.05) is 19.1 Å². The number of hydrogen-bond donors (Lipinski definition) is 2. The second kappa shape index (κ2) is 7.78. The Kier molecular flexibility index (Phi) is 5.11. The fourth-order valence-corrected chi connectivity index (χ4v) is 4.78. The van der Waals surface area contributed by atoms with E-state index in [2.05, 4.69) is 20.4 Å². The highest BCUT2D eigenvalue weighted by Crippen LogP contribution is 2.49. The molecule has 0 amide bonds. The first-order valence-electron chi connectivity index (χ1n) is 10.9. The van der Waals surface area contributed by atoms with E-state index < -0.39 is 0 Å². The van der Waals surface area contributed by atoms with Gasteiger partial charge in [-0.05, 0) is 62.4 Å². The van der Waals surface area contributed by atoms with E-state index in [0.29, 0.717) is 13.2 Å². The van der Waals surface area contributed by atoms with Crippen LogP contribution in [0.2, 0.25) is 0 Å². The van der Waals surface area contributed by atoms with Gasteiger partial charge >= 0.3 is 0 Å². The van der Waals surface area contributed by atoms with Crippen LogP contribution in [0.3, 0.4) is 0 Å². The zero-order valence-electron chi connectivity index (χ0n) is 17.5. The van der Waals surface area contributed by atoms with Crippen molar-refractivity contribution >= 4 is 5.82 Å². The molecule has 5 rings (SSSR count). The summed E-state index contributed by atoms with van der Waals surface area (Å²) in [7, 11) is 0. The number of alkyl halides is 1. The molecule has 1 aromatic heterocycles. The number of nitrogens with one attached hydrogen (secondary N) is 1. The predicted octanol–water partition coefficient (Wildman–Crippen LogP) is 3.61. The Morgan fingerprint density at radius 3 is 2.93 bits per heavy atom. The van der Waals surface area contributed by atoms with Gasteiger partial charge in [-0.25, -0.2) is 4.39 Å². The van der Waals surface area contributed by atoms with E-state index in [4.69, 9.17) is 4.74 Å². The van der Waals surface area contributed by atoms with Crippen LogP contribution in [0.15, 0.2) is 18.2 Å². The molecule has 0 unspecified atom stereocenters. The molecule has 1 aromatic carbocycles. The average molecular weight is 413 g/mol. The first-order valence-corrected chi connectivity index (χ1v) is 10.9. The van der Waals surface area contributed by atoms with Crippen molar-refractivity contribution in [3.63, 3.8) is 0 Å². The normalized spacial score (nSPS) is 22.7. The molecule has 1 atom stereocenters. The molecule has 7 heteroatoms. The Hall–Kier alpha value is -2.25. The Labute approximate surface area is 176 Å². The summed E-state index contributed by atoms with van der Waals surface area (Å²) in [4.78, 5) is 2.16. The summed E-state index contributed by atoms with van der Waals surface area (Å²) in [5.41, 5.74) is 4.59. The third-order valence-electron chi connectivity index (χ3n) is 6.67. The number of rotatable bonds is 5. The maximum atomic E-state index is 12.8. The lowest BCUT2D eigenvalue weighted by Gasteiger charge is -2.34. The average Bonchev–Trinajstić information content (AvgIpc) is 3.48. The van der Waals surface area contributed by atoms with Gasteiger partial charge in [0, 0.05) is 36.7 Å². The molecule has 1 aliphatic carbocycles. The molecule has 2 fully saturated rings. The zero-order valence-corrected chi connectivity index (χ0v) is 17.5. The van der Waals surface area contributed by atoms with E-state index in [-0.39, 0.29) is 24.1 Å². The molecule has 2 N–H and O–H groups in total. The number of piperidine rings is 1. The van der Waals surface area contributed by atoms with Crippen molar-refractivity contribution in [3.05, 3.63) is 34.9 Å². The van der Waals surface area contributed by atoms with Crippen LogP contribution in [-0.2, 0) is 17.8 Å². The van der Waals surface area contributed by atoms with Crippen molar-refractivity contribution < 1.29 is 14.2 Å². The minimum Gasteiger partial charge on any atom is -0.507 e. The lowest BCUT2D eigenvalue weighted by atomic mass is 9.93. The number of hydrogen-bond acceptors (Lipinski definition) is 6. The number of ether oxygens (including phenoxy) is 1. The van der Waals surface area contributed by atoms with E-state index >= 15 is 0 Å². The van der Waals surface area contributed by atoms with Gasteiger partial charge < -0.3 is 15.2 Å². The summed E-state index contributed by atoms with van der Waals surface area (Å²) in [6, 6.07) is 5.90. The zero-order chi connectivity index (χ0) is 20.7. The molecule has 0 bridgehead atoms. The first-order chi connectivity index (χ1) is 14.6. The second-order valence-electron chi connectivity index (χ2n) is 9.00. The number of nitrogens with zero attached hydrogens (tertiary/aromatic N) is 3. The molecule has 3 aliphatic rings. The van der Waals surface area contributed by atoms with Crippen LogP contribution in [0.1, 0.15) is 42.4 Å². The highest BCUT2D eigenvalue weighted by molar-refractivity contribution is 5.73. The Morgan fingerprint density at radius 1 is 1.30 bits per heavy atom. The van der Waals surface area contributed by atoms with Gasteiger partial charge in [0.05, 0.1) is 12.2 Å². The van der Waals surface area contributed by atoms with Crippen LogP contribution in [0.25, 0.3) is 11.3 Å². The molecule has 1 saturated carbocycles. The highest BCUT2D eigenvalue weighted by atomic mass is 19.1. The molecule has 1 spiro atoms. The minimum atomic E-state index is -0.313. The van der Waals surface area contributed by atoms with Gasteiger partial charge in [0.1, 0.15) is 18.1 Å². The van der Waals surface area contributed by atoms with E-state index in [1.165, 1.54) is 0 Å². The standard InChI is InChI=1S/C23H29FN4O2/c1-15-4-5-17(20(29)11-15)21-18-12-23(6-7-23)30-14-19(18)22(27-26-21)25-16-3-2-9-28(13-16)10-8-24/h4-5,11,16,29H,2-3,6-10,12-14H2,1H3,(H,25,27)/t16-/m1/s1. The van der Waals surface area contributed by atoms with Crippen LogP contribution in [0.4, 0.5) is 10.2 Å². The van der Waals surface area contributed by atoms with E-state index in [9.17, 15) is 9.50 Å². The Morgan fingerprint density at radius 2 is 2.17 bits per heavy atom. The third-order valence-corrected chi connectivity index (χ3v) is 6.67. The maximum absolute atomic E-state index is 12.8. The molecule has 6 nitrogen and oxygen atoms in total. The summed E-state index contributed by atoms with van der Waals surface area (Å²) >= 11 is 0. The topological polar surface area (TPSA) is 70.5 Å². The molecular formula is C23H29FN4O2. The van der Waals surface area contributed by atoms with Gasteiger partial charge in [0.25, 0.3) is 0 Å². The number of benzene rings is 1. The van der Waals surface area contributed by atoms with E-state index in [1.54, 1.807) is 6.07 Å². The van der Waals surface area contributed by atoms with Gasteiger partial charge in [0.2, 0.25) is 0 Å². The molecule has 1 saturated heterocycles. The van der Waals surface area contributed by atoms with Crippen molar-refractivity contribution in [2.24, 2.45) is 0 Å². The molecule has 0 radical (unpaired) electrons. The number of halogens is 1. The maximum Gasteiger partial charge on any atom is 0.154 e. The summed E-state index contributed by atoms with van der Waals surface area (Å²) in [5.74, 6) is 1.00. The number of anilines is 1. The molecular weight excluding hydrogens is 383 g/mol. The molecule has 2 aromatic rings. The smallest absolute Gasteiger partial charge is 0.154 e. The Bertz CT molecular complexity index is 945. The summed E-state index contributed by atoms with van der Waals surface area (Å²) < 4.78 is 19.0. The van der Waals surface area contributed by atoms with Crippen LogP contribution in [0, 0.1) is 6.92 Å². The summed E-state index contributed by atoms with van der Waals surface area (Å²) in [5, 5.41) is 23.2. The second-order valence-corrected chi connectivity index (χ2v) is 9.00. The van der Waals surface area contributed by atoms with Gasteiger partial charge in [-0.1, -0.05) is 6.07 Å². The number of aromatic nitrogens is 2. The lowest BCUT2D eigenvalue weighted by Crippen LogP contribution is -2.43. The van der Waals surface area contributed by atoms with Crippen molar-refractivity contribution in [1.29, 1.82) is 0 Å². The minimum absolute atomic E-state index is 0.0644. The number of phenols is 1. The van der Waals surface area contributed by atoms with Crippen molar-refractivity contribution in [3.8, 4) is 17.0 Å². The van der Waals surface area contributed by atoms with Gasteiger partial charge in [-0.3, -0.25) is 4.90 Å². The summed E-state index contributed by atoms with van der Waals surface area (Å²) in [6.07, 6.45) is 5.01. The van der Waals surface area contributed by atoms with Crippen molar-refractivity contribution in [1.82, 2.24) is 15.1 Å². The van der Waals surface area contributed by atoms with E-state index in [0.717, 1.165) is 79.0 Å². The highest BCUT2D eigenvalue weighted by Gasteiger charge is 2.48.